The van der Waals surface area contributed by atoms with E-state index in [2.05, 4.69) is 10.3 Å². The van der Waals surface area contributed by atoms with Gasteiger partial charge in [0.15, 0.2) is 0 Å². The first-order valence-corrected chi connectivity index (χ1v) is 6.04. The highest BCUT2D eigenvalue weighted by atomic mass is 32.1. The van der Waals surface area contributed by atoms with E-state index in [1.165, 1.54) is 24.2 Å². The van der Waals surface area contributed by atoms with Crippen LogP contribution in [0.2, 0.25) is 0 Å². The molecule has 5 heteroatoms. The van der Waals surface area contributed by atoms with Crippen molar-refractivity contribution in [3.63, 3.8) is 0 Å². The van der Waals surface area contributed by atoms with Crippen molar-refractivity contribution in [3.05, 3.63) is 16.1 Å². The second kappa shape index (κ2) is 4.28. The zero-order valence-electron chi connectivity index (χ0n) is 8.69. The summed E-state index contributed by atoms with van der Waals surface area (Å²) in [4.78, 5) is 15.9. The number of aromatic nitrogens is 1. The van der Waals surface area contributed by atoms with Gasteiger partial charge in [-0.3, -0.25) is 4.79 Å². The molecule has 15 heavy (non-hydrogen) atoms. The number of nitrogens with two attached hydrogens (primary N) is 1. The fraction of sp³-hybridized carbons (Fsp3) is 0.600. The predicted molar refractivity (Wildman–Crippen MR) is 59.7 cm³/mol. The van der Waals surface area contributed by atoms with Gasteiger partial charge in [-0.1, -0.05) is 0 Å². The SMILES string of the molecule is CC(NC(=O)c1csc(CN)n1)C1CC1. The predicted octanol–water partition coefficient (Wildman–Crippen LogP) is 1.13. The number of hydrogen-bond donors (Lipinski definition) is 2. The van der Waals surface area contributed by atoms with E-state index in [1.54, 1.807) is 5.38 Å². The van der Waals surface area contributed by atoms with Gasteiger partial charge in [0.05, 0.1) is 0 Å². The molecule has 4 nitrogen and oxygen atoms in total. The average molecular weight is 225 g/mol. The van der Waals surface area contributed by atoms with Crippen LogP contribution in [0.5, 0.6) is 0 Å². The molecule has 1 saturated carbocycles. The van der Waals surface area contributed by atoms with Gasteiger partial charge in [-0.2, -0.15) is 0 Å². The first-order chi connectivity index (χ1) is 7.20. The van der Waals surface area contributed by atoms with Crippen LogP contribution in [0.25, 0.3) is 0 Å². The van der Waals surface area contributed by atoms with Gasteiger partial charge < -0.3 is 11.1 Å². The summed E-state index contributed by atoms with van der Waals surface area (Å²) in [5.74, 6) is 0.590. The second-order valence-corrected chi connectivity index (χ2v) is 4.87. The molecule has 1 aliphatic rings. The molecule has 3 N–H and O–H groups in total. The Kier molecular flexibility index (Phi) is 3.02. The van der Waals surface area contributed by atoms with Gasteiger partial charge in [0.2, 0.25) is 0 Å². The summed E-state index contributed by atoms with van der Waals surface area (Å²) >= 11 is 1.43. The highest BCUT2D eigenvalue weighted by molar-refractivity contribution is 7.09. The number of nitrogens with one attached hydrogen (secondary N) is 1. The molecule has 1 aromatic heterocycles. The Morgan fingerprint density at radius 2 is 2.53 bits per heavy atom. The summed E-state index contributed by atoms with van der Waals surface area (Å²) in [5.41, 5.74) is 5.93. The monoisotopic (exact) mass is 225 g/mol. The Labute approximate surface area is 92.9 Å². The smallest absolute Gasteiger partial charge is 0.270 e. The number of hydrogen-bond acceptors (Lipinski definition) is 4. The van der Waals surface area contributed by atoms with Crippen molar-refractivity contribution in [1.82, 2.24) is 10.3 Å². The molecule has 1 atom stereocenters. The Morgan fingerprint density at radius 1 is 1.80 bits per heavy atom. The van der Waals surface area contributed by atoms with Crippen molar-refractivity contribution in [2.45, 2.75) is 32.4 Å². The highest BCUT2D eigenvalue weighted by Crippen LogP contribution is 2.32. The number of rotatable bonds is 4. The zero-order valence-corrected chi connectivity index (χ0v) is 9.51. The highest BCUT2D eigenvalue weighted by Gasteiger charge is 2.29. The summed E-state index contributed by atoms with van der Waals surface area (Å²) in [6.45, 7) is 2.45. The molecule has 1 heterocycles. The number of thiazole rings is 1. The molecule has 2 rings (SSSR count). The molecule has 0 aromatic carbocycles. The molecule has 1 unspecified atom stereocenters. The molecule has 1 fully saturated rings. The maximum atomic E-state index is 11.7. The minimum Gasteiger partial charge on any atom is -0.348 e. The molecular weight excluding hydrogens is 210 g/mol. The summed E-state index contributed by atoms with van der Waals surface area (Å²) in [6.07, 6.45) is 2.46. The minimum atomic E-state index is -0.0784. The van der Waals surface area contributed by atoms with Gasteiger partial charge in [0.25, 0.3) is 5.91 Å². The van der Waals surface area contributed by atoms with E-state index < -0.39 is 0 Å². The van der Waals surface area contributed by atoms with E-state index >= 15 is 0 Å². The average Bonchev–Trinajstić information content (AvgIpc) is 2.96. The van der Waals surface area contributed by atoms with Crippen LogP contribution >= 0.6 is 11.3 Å². The first kappa shape index (κ1) is 10.6. The number of nitrogens with zero attached hydrogens (tertiary/aromatic N) is 1. The third-order valence-corrected chi connectivity index (χ3v) is 3.52. The Morgan fingerprint density at radius 3 is 3.07 bits per heavy atom. The zero-order chi connectivity index (χ0) is 10.8. The Balaban J connectivity index is 1.94. The summed E-state index contributed by atoms with van der Waals surface area (Å²) < 4.78 is 0. The molecular formula is C10H15N3OS. The topological polar surface area (TPSA) is 68.0 Å². The lowest BCUT2D eigenvalue weighted by molar-refractivity contribution is 0.0931. The molecule has 0 spiro atoms. The molecule has 0 saturated heterocycles. The van der Waals surface area contributed by atoms with E-state index in [0.29, 0.717) is 18.2 Å². The van der Waals surface area contributed by atoms with E-state index in [1.807, 2.05) is 6.92 Å². The van der Waals surface area contributed by atoms with Crippen LogP contribution in [0.3, 0.4) is 0 Å². The largest absolute Gasteiger partial charge is 0.348 e. The van der Waals surface area contributed by atoms with Crippen LogP contribution in [0.4, 0.5) is 0 Å². The molecule has 1 aromatic rings. The van der Waals surface area contributed by atoms with Crippen molar-refractivity contribution in [2.24, 2.45) is 11.7 Å². The first-order valence-electron chi connectivity index (χ1n) is 5.16. The fourth-order valence-corrected chi connectivity index (χ4v) is 2.16. The van der Waals surface area contributed by atoms with Gasteiger partial charge in [0, 0.05) is 18.0 Å². The van der Waals surface area contributed by atoms with Crippen LogP contribution in [-0.4, -0.2) is 16.9 Å². The van der Waals surface area contributed by atoms with Crippen molar-refractivity contribution in [3.8, 4) is 0 Å². The summed E-state index contributed by atoms with van der Waals surface area (Å²) in [5, 5.41) is 5.53. The molecule has 1 amide bonds. The van der Waals surface area contributed by atoms with Gasteiger partial charge in [-0.25, -0.2) is 4.98 Å². The maximum Gasteiger partial charge on any atom is 0.270 e. The summed E-state index contributed by atoms with van der Waals surface area (Å²) in [6, 6.07) is 0.264. The lowest BCUT2D eigenvalue weighted by Gasteiger charge is -2.10. The fourth-order valence-electron chi connectivity index (χ4n) is 1.50. The van der Waals surface area contributed by atoms with Gasteiger partial charge >= 0.3 is 0 Å². The van der Waals surface area contributed by atoms with Crippen molar-refractivity contribution in [1.29, 1.82) is 0 Å². The van der Waals surface area contributed by atoms with Gasteiger partial charge in [-0.15, -0.1) is 11.3 Å². The van der Waals surface area contributed by atoms with E-state index in [4.69, 9.17) is 5.73 Å². The minimum absolute atomic E-state index is 0.0784. The number of carbonyl (C=O) groups is 1. The van der Waals surface area contributed by atoms with Crippen LogP contribution in [-0.2, 0) is 6.54 Å². The quantitative estimate of drug-likeness (QED) is 0.807. The standard InChI is InChI=1S/C10H15N3OS/c1-6(7-2-3-7)12-10(14)8-5-15-9(4-11)13-8/h5-7H,2-4,11H2,1H3,(H,12,14). The normalized spacial score (nSPS) is 17.5. The maximum absolute atomic E-state index is 11.7. The van der Waals surface area contributed by atoms with E-state index in [9.17, 15) is 4.79 Å². The van der Waals surface area contributed by atoms with Gasteiger partial charge in [0.1, 0.15) is 10.7 Å². The van der Waals surface area contributed by atoms with E-state index in [-0.39, 0.29) is 11.9 Å². The lowest BCUT2D eigenvalue weighted by atomic mass is 10.2. The van der Waals surface area contributed by atoms with Crippen molar-refractivity contribution >= 4 is 17.2 Å². The molecule has 1 aliphatic carbocycles. The van der Waals surface area contributed by atoms with Crippen LogP contribution < -0.4 is 11.1 Å². The van der Waals surface area contributed by atoms with Crippen LogP contribution in [0, 0.1) is 5.92 Å². The van der Waals surface area contributed by atoms with Crippen LogP contribution in [0.1, 0.15) is 35.3 Å². The summed E-state index contributed by atoms with van der Waals surface area (Å²) in [7, 11) is 0. The van der Waals surface area contributed by atoms with E-state index in [0.717, 1.165) is 5.01 Å². The van der Waals surface area contributed by atoms with Crippen molar-refractivity contribution < 1.29 is 4.79 Å². The second-order valence-electron chi connectivity index (χ2n) is 3.93. The molecule has 82 valence electrons. The van der Waals surface area contributed by atoms with Crippen LogP contribution in [0.15, 0.2) is 5.38 Å². The lowest BCUT2D eigenvalue weighted by Crippen LogP contribution is -2.34. The number of carbonyl (C=O) groups excluding carboxylic acids is 1. The third kappa shape index (κ3) is 2.54. The van der Waals surface area contributed by atoms with Crippen molar-refractivity contribution in [2.75, 3.05) is 0 Å². The molecule has 0 aliphatic heterocycles. The van der Waals surface area contributed by atoms with Gasteiger partial charge in [-0.05, 0) is 25.7 Å². The Bertz CT molecular complexity index is 359. The Hall–Kier alpha value is -0.940. The molecule has 0 radical (unpaired) electrons. The third-order valence-electron chi connectivity index (χ3n) is 2.65. The molecule has 0 bridgehead atoms. The number of amides is 1.